The average Bonchev–Trinajstić information content (AvgIpc) is 3.28. The molecule has 0 aromatic carbocycles. The van der Waals surface area contributed by atoms with Crippen molar-refractivity contribution < 1.29 is 28.6 Å². The van der Waals surface area contributed by atoms with Crippen LogP contribution in [-0.4, -0.2) is 37.2 Å². The third-order valence-corrected chi connectivity index (χ3v) is 11.6. The van der Waals surface area contributed by atoms with E-state index in [9.17, 15) is 14.4 Å². The summed E-state index contributed by atoms with van der Waals surface area (Å²) in [6.45, 7) is 6.46. The van der Waals surface area contributed by atoms with Crippen LogP contribution in [0.5, 0.6) is 0 Å². The summed E-state index contributed by atoms with van der Waals surface area (Å²) >= 11 is 0. The molecule has 1 unspecified atom stereocenters. The van der Waals surface area contributed by atoms with E-state index in [1.807, 2.05) is 6.08 Å². The van der Waals surface area contributed by atoms with Crippen LogP contribution in [0.2, 0.25) is 0 Å². The lowest BCUT2D eigenvalue weighted by Gasteiger charge is -2.18. The van der Waals surface area contributed by atoms with Crippen molar-refractivity contribution in [1.29, 1.82) is 0 Å². The normalized spacial score (nSPS) is 12.5. The van der Waals surface area contributed by atoms with Gasteiger partial charge in [-0.1, -0.05) is 261 Å². The molecular formula is C57H100O6. The summed E-state index contributed by atoms with van der Waals surface area (Å²) in [5.74, 6) is -1.03. The monoisotopic (exact) mass is 881 g/mol. The van der Waals surface area contributed by atoms with E-state index in [1.165, 1.54) is 154 Å². The number of unbranched alkanes of at least 4 members (excludes halogenated alkanes) is 28. The quantitative estimate of drug-likeness (QED) is 0.0262. The number of carbonyl (C=O) groups is 3. The van der Waals surface area contributed by atoms with Crippen molar-refractivity contribution in [2.75, 3.05) is 13.2 Å². The van der Waals surface area contributed by atoms with Crippen molar-refractivity contribution in [3.05, 3.63) is 60.8 Å². The van der Waals surface area contributed by atoms with E-state index in [1.54, 1.807) is 6.08 Å². The van der Waals surface area contributed by atoms with Gasteiger partial charge >= 0.3 is 17.9 Å². The van der Waals surface area contributed by atoms with Crippen LogP contribution in [0.25, 0.3) is 0 Å². The van der Waals surface area contributed by atoms with Crippen LogP contribution in [0.4, 0.5) is 0 Å². The summed E-state index contributed by atoms with van der Waals surface area (Å²) < 4.78 is 16.7. The predicted molar refractivity (Wildman–Crippen MR) is 270 cm³/mol. The van der Waals surface area contributed by atoms with E-state index in [0.717, 1.165) is 70.6 Å². The van der Waals surface area contributed by atoms with Crippen molar-refractivity contribution >= 4 is 17.9 Å². The Bertz CT molecular complexity index is 1150. The van der Waals surface area contributed by atoms with Gasteiger partial charge in [-0.15, -0.1) is 0 Å². The first-order valence-electron chi connectivity index (χ1n) is 26.8. The zero-order valence-corrected chi connectivity index (χ0v) is 41.6. The van der Waals surface area contributed by atoms with Gasteiger partial charge in [0.15, 0.2) is 6.10 Å². The van der Waals surface area contributed by atoms with Gasteiger partial charge in [0.05, 0.1) is 6.42 Å². The highest BCUT2D eigenvalue weighted by Crippen LogP contribution is 2.16. The maximum Gasteiger partial charge on any atom is 0.310 e. The Hall–Kier alpha value is -2.89. The molecule has 0 radical (unpaired) electrons. The van der Waals surface area contributed by atoms with Gasteiger partial charge in [0.25, 0.3) is 0 Å². The molecule has 0 fully saturated rings. The summed E-state index contributed by atoms with van der Waals surface area (Å²) in [4.78, 5) is 37.9. The molecule has 0 aliphatic heterocycles. The molecule has 63 heavy (non-hydrogen) atoms. The van der Waals surface area contributed by atoms with Crippen molar-refractivity contribution in [3.8, 4) is 0 Å². The molecule has 0 saturated heterocycles. The zero-order valence-electron chi connectivity index (χ0n) is 41.6. The molecule has 6 heteroatoms. The van der Waals surface area contributed by atoms with Crippen LogP contribution in [0.1, 0.15) is 265 Å². The standard InChI is InChI=1S/C57H100O6/c1-4-7-10-13-16-19-22-25-27-28-30-32-35-38-41-44-47-50-56(59)62-53-54(52-61-55(58)49-46-43-40-37-34-31-24-21-18-15-12-9-6-3)63-57(60)51-48-45-42-39-36-33-29-26-23-20-17-14-11-8-5-2/h8,11,17,20,26,29,36,39,45,48,54H,4-7,9-10,12-16,18-19,21-25,27-28,30-35,37-38,40-44,46-47,49-53H2,1-3H3/b11-8-,20-17-,29-26-,39-36-,48-45-. The first-order valence-corrected chi connectivity index (χ1v) is 26.8. The molecule has 0 amide bonds. The van der Waals surface area contributed by atoms with Gasteiger partial charge in [-0.25, -0.2) is 0 Å². The molecule has 0 N–H and O–H groups in total. The highest BCUT2D eigenvalue weighted by molar-refractivity contribution is 5.72. The molecule has 0 saturated carbocycles. The largest absolute Gasteiger partial charge is 0.462 e. The van der Waals surface area contributed by atoms with Gasteiger partial charge in [0, 0.05) is 12.8 Å². The Balaban J connectivity index is 4.45. The molecule has 0 bridgehead atoms. The van der Waals surface area contributed by atoms with E-state index in [0.29, 0.717) is 12.8 Å². The van der Waals surface area contributed by atoms with E-state index in [-0.39, 0.29) is 31.6 Å². The number of hydrogen-bond donors (Lipinski definition) is 0. The van der Waals surface area contributed by atoms with Gasteiger partial charge in [0.2, 0.25) is 0 Å². The van der Waals surface area contributed by atoms with Gasteiger partial charge in [0.1, 0.15) is 13.2 Å². The maximum absolute atomic E-state index is 12.7. The Morgan fingerprint density at radius 1 is 0.333 bits per heavy atom. The Kier molecular flexibility index (Phi) is 49.4. The topological polar surface area (TPSA) is 78.9 Å². The molecule has 0 rings (SSSR count). The van der Waals surface area contributed by atoms with Crippen LogP contribution >= 0.6 is 0 Å². The van der Waals surface area contributed by atoms with Crippen LogP contribution in [0, 0.1) is 0 Å². The van der Waals surface area contributed by atoms with Gasteiger partial charge in [-0.05, 0) is 44.9 Å². The number of rotatable bonds is 48. The molecular weight excluding hydrogens is 781 g/mol. The fourth-order valence-corrected chi connectivity index (χ4v) is 7.58. The number of esters is 3. The lowest BCUT2D eigenvalue weighted by Crippen LogP contribution is -2.30. The van der Waals surface area contributed by atoms with Crippen molar-refractivity contribution in [2.45, 2.75) is 271 Å². The first-order chi connectivity index (χ1) is 31.0. The van der Waals surface area contributed by atoms with Crippen LogP contribution in [0.15, 0.2) is 60.8 Å². The molecule has 6 nitrogen and oxygen atoms in total. The fraction of sp³-hybridized carbons (Fsp3) is 0.772. The summed E-state index contributed by atoms with van der Waals surface area (Å²) in [6, 6.07) is 0. The maximum atomic E-state index is 12.7. The number of allylic oxidation sites excluding steroid dienone is 9. The zero-order chi connectivity index (χ0) is 45.8. The second-order valence-corrected chi connectivity index (χ2v) is 17.8. The molecule has 0 spiro atoms. The van der Waals surface area contributed by atoms with Crippen molar-refractivity contribution in [1.82, 2.24) is 0 Å². The average molecular weight is 881 g/mol. The predicted octanol–water partition coefficient (Wildman–Crippen LogP) is 17.6. The van der Waals surface area contributed by atoms with E-state index < -0.39 is 12.1 Å². The highest BCUT2D eigenvalue weighted by Gasteiger charge is 2.19. The third kappa shape index (κ3) is 50.0. The van der Waals surface area contributed by atoms with Gasteiger partial charge in [-0.3, -0.25) is 14.4 Å². The lowest BCUT2D eigenvalue weighted by atomic mass is 10.0. The SMILES string of the molecule is CC/C=C\C/C=C\C/C=C\C/C=C\C/C=C\CC(=O)OC(COC(=O)CCCCCCCCCCCCCCC)COC(=O)CCCCCCCCCCCCCCCCCCC. The molecule has 0 heterocycles. The minimum atomic E-state index is -0.824. The van der Waals surface area contributed by atoms with Crippen LogP contribution < -0.4 is 0 Å². The summed E-state index contributed by atoms with van der Waals surface area (Å²) in [5, 5.41) is 0. The third-order valence-electron chi connectivity index (χ3n) is 11.6. The van der Waals surface area contributed by atoms with E-state index >= 15 is 0 Å². The van der Waals surface area contributed by atoms with Crippen LogP contribution in [-0.2, 0) is 28.6 Å². The summed E-state index contributed by atoms with van der Waals surface area (Å²) in [6.07, 6.45) is 63.7. The van der Waals surface area contributed by atoms with Gasteiger partial charge in [-0.2, -0.15) is 0 Å². The van der Waals surface area contributed by atoms with Crippen molar-refractivity contribution in [2.24, 2.45) is 0 Å². The van der Waals surface area contributed by atoms with E-state index in [2.05, 4.69) is 69.4 Å². The second-order valence-electron chi connectivity index (χ2n) is 17.8. The van der Waals surface area contributed by atoms with Crippen LogP contribution in [0.3, 0.4) is 0 Å². The number of hydrogen-bond acceptors (Lipinski definition) is 6. The minimum Gasteiger partial charge on any atom is -0.462 e. The molecule has 0 aromatic heterocycles. The number of ether oxygens (including phenoxy) is 3. The first kappa shape index (κ1) is 60.1. The summed E-state index contributed by atoms with van der Waals surface area (Å²) in [7, 11) is 0. The van der Waals surface area contributed by atoms with Gasteiger partial charge < -0.3 is 14.2 Å². The molecule has 1 atom stereocenters. The number of carbonyl (C=O) groups excluding carboxylic acids is 3. The molecule has 0 aliphatic rings. The van der Waals surface area contributed by atoms with E-state index in [4.69, 9.17) is 14.2 Å². The Morgan fingerprint density at radius 2 is 0.603 bits per heavy atom. The molecule has 364 valence electrons. The van der Waals surface area contributed by atoms with Crippen molar-refractivity contribution in [3.63, 3.8) is 0 Å². The fourth-order valence-electron chi connectivity index (χ4n) is 7.58. The highest BCUT2D eigenvalue weighted by atomic mass is 16.6. The summed E-state index contributed by atoms with van der Waals surface area (Å²) in [5.41, 5.74) is 0. The second kappa shape index (κ2) is 51.7. The Morgan fingerprint density at radius 3 is 0.905 bits per heavy atom. The lowest BCUT2D eigenvalue weighted by molar-refractivity contribution is -0.166. The minimum absolute atomic E-state index is 0.101. The Labute approximate surface area is 390 Å². The molecule has 0 aliphatic carbocycles. The smallest absolute Gasteiger partial charge is 0.310 e. The molecule has 0 aromatic rings.